The molecule has 1 aromatic rings. The summed E-state index contributed by atoms with van der Waals surface area (Å²) in [4.78, 5) is 11.8. The van der Waals surface area contributed by atoms with Gasteiger partial charge in [0.25, 0.3) is 0 Å². The van der Waals surface area contributed by atoms with E-state index in [0.717, 1.165) is 18.4 Å². The molecule has 0 saturated carbocycles. The fraction of sp³-hybridized carbons (Fsp3) is 0.462. The summed E-state index contributed by atoms with van der Waals surface area (Å²) in [7, 11) is 1.58. The van der Waals surface area contributed by atoms with Crippen molar-refractivity contribution in [1.82, 2.24) is 0 Å². The van der Waals surface area contributed by atoms with Crippen molar-refractivity contribution < 1.29 is 9.53 Å². The molecule has 0 radical (unpaired) electrons. The number of ether oxygens (including phenoxy) is 1. The highest BCUT2D eigenvalue weighted by Crippen LogP contribution is 2.19. The van der Waals surface area contributed by atoms with Crippen LogP contribution in [0.4, 0.5) is 0 Å². The average Bonchev–Trinajstić information content (AvgIpc) is 2.29. The summed E-state index contributed by atoms with van der Waals surface area (Å²) >= 11 is 0. The van der Waals surface area contributed by atoms with E-state index in [0.29, 0.717) is 6.42 Å². The Kier molecular flexibility index (Phi) is 5.05. The van der Waals surface area contributed by atoms with Crippen molar-refractivity contribution in [2.45, 2.75) is 32.3 Å². The first-order valence-electron chi connectivity index (χ1n) is 5.40. The smallest absolute Gasteiger partial charge is 0.166 e. The van der Waals surface area contributed by atoms with E-state index in [1.54, 1.807) is 7.11 Å². The fourth-order valence-corrected chi connectivity index (χ4v) is 1.56. The van der Waals surface area contributed by atoms with Crippen LogP contribution in [0.1, 0.15) is 37.9 Å². The number of methoxy groups -OCH3 is 1. The molecule has 1 rings (SSSR count). The zero-order valence-electron chi connectivity index (χ0n) is 9.40. The molecule has 0 bridgehead atoms. The third-order valence-electron chi connectivity index (χ3n) is 2.41. The maximum atomic E-state index is 11.8. The molecular weight excluding hydrogens is 188 g/mol. The van der Waals surface area contributed by atoms with Gasteiger partial charge in [-0.2, -0.15) is 0 Å². The lowest BCUT2D eigenvalue weighted by Crippen LogP contribution is -2.14. The van der Waals surface area contributed by atoms with Crippen LogP contribution in [0.15, 0.2) is 30.3 Å². The van der Waals surface area contributed by atoms with E-state index in [2.05, 4.69) is 6.92 Å². The number of carbonyl (C=O) groups is 1. The van der Waals surface area contributed by atoms with Crippen LogP contribution in [0.3, 0.4) is 0 Å². The monoisotopic (exact) mass is 206 g/mol. The molecule has 0 spiro atoms. The lowest BCUT2D eigenvalue weighted by Gasteiger charge is -2.14. The molecule has 1 atom stereocenters. The molecule has 1 aromatic carbocycles. The molecule has 0 aliphatic heterocycles. The standard InChI is InChI=1S/C13H18O2/c1-3-4-10-12(14)13(15-2)11-8-6-5-7-9-11/h5-9,13H,3-4,10H2,1-2H3. The molecule has 1 unspecified atom stereocenters. The van der Waals surface area contributed by atoms with E-state index in [4.69, 9.17) is 4.74 Å². The molecule has 0 aromatic heterocycles. The molecule has 0 fully saturated rings. The van der Waals surface area contributed by atoms with Gasteiger partial charge in [0.2, 0.25) is 0 Å². The number of rotatable bonds is 6. The van der Waals surface area contributed by atoms with Gasteiger partial charge in [0, 0.05) is 13.5 Å². The minimum Gasteiger partial charge on any atom is -0.369 e. The second-order valence-electron chi connectivity index (χ2n) is 3.60. The van der Waals surface area contributed by atoms with E-state index in [1.807, 2.05) is 30.3 Å². The molecule has 0 aliphatic carbocycles. The van der Waals surface area contributed by atoms with Crippen LogP contribution in [0.2, 0.25) is 0 Å². The summed E-state index contributed by atoms with van der Waals surface area (Å²) in [5.41, 5.74) is 0.945. The van der Waals surface area contributed by atoms with Crippen LogP contribution >= 0.6 is 0 Å². The first-order chi connectivity index (χ1) is 7.29. The van der Waals surface area contributed by atoms with Crippen LogP contribution < -0.4 is 0 Å². The predicted octanol–water partition coefficient (Wildman–Crippen LogP) is 3.13. The van der Waals surface area contributed by atoms with Gasteiger partial charge < -0.3 is 4.74 Å². The Morgan fingerprint density at radius 3 is 2.53 bits per heavy atom. The second kappa shape index (κ2) is 6.36. The van der Waals surface area contributed by atoms with Crippen LogP contribution in [0, 0.1) is 0 Å². The Hall–Kier alpha value is -1.15. The summed E-state index contributed by atoms with van der Waals surface area (Å²) in [5.74, 6) is 0.172. The van der Waals surface area contributed by atoms with Gasteiger partial charge in [-0.05, 0) is 12.0 Å². The third-order valence-corrected chi connectivity index (χ3v) is 2.41. The van der Waals surface area contributed by atoms with E-state index in [9.17, 15) is 4.79 Å². The lowest BCUT2D eigenvalue weighted by molar-refractivity contribution is -0.129. The molecule has 0 N–H and O–H groups in total. The predicted molar refractivity (Wildman–Crippen MR) is 60.7 cm³/mol. The molecule has 0 saturated heterocycles. The van der Waals surface area contributed by atoms with Crippen molar-refractivity contribution in [3.05, 3.63) is 35.9 Å². The first-order valence-corrected chi connectivity index (χ1v) is 5.40. The second-order valence-corrected chi connectivity index (χ2v) is 3.60. The van der Waals surface area contributed by atoms with Crippen molar-refractivity contribution >= 4 is 5.78 Å². The maximum absolute atomic E-state index is 11.8. The van der Waals surface area contributed by atoms with Gasteiger partial charge in [-0.1, -0.05) is 43.7 Å². The highest BCUT2D eigenvalue weighted by atomic mass is 16.5. The number of carbonyl (C=O) groups excluding carboxylic acids is 1. The molecule has 15 heavy (non-hydrogen) atoms. The Balaban J connectivity index is 2.67. The summed E-state index contributed by atoms with van der Waals surface area (Å²) in [6, 6.07) is 9.64. The van der Waals surface area contributed by atoms with Gasteiger partial charge in [0.1, 0.15) is 6.10 Å². The Bertz CT molecular complexity index is 293. The summed E-state index contributed by atoms with van der Waals surface area (Å²) in [5, 5.41) is 0. The van der Waals surface area contributed by atoms with Crippen LogP contribution in [-0.4, -0.2) is 12.9 Å². The van der Waals surface area contributed by atoms with E-state index >= 15 is 0 Å². The van der Waals surface area contributed by atoms with Crippen LogP contribution in [0.25, 0.3) is 0 Å². The summed E-state index contributed by atoms with van der Waals surface area (Å²) in [6.45, 7) is 2.08. The van der Waals surface area contributed by atoms with Crippen molar-refractivity contribution in [3.63, 3.8) is 0 Å². The normalized spacial score (nSPS) is 12.4. The van der Waals surface area contributed by atoms with Crippen molar-refractivity contribution in [1.29, 1.82) is 0 Å². The maximum Gasteiger partial charge on any atom is 0.166 e. The van der Waals surface area contributed by atoms with E-state index in [1.165, 1.54) is 0 Å². The number of Topliss-reactive ketones (excluding diaryl/α,β-unsaturated/α-hetero) is 1. The van der Waals surface area contributed by atoms with Crippen LogP contribution in [-0.2, 0) is 9.53 Å². The van der Waals surface area contributed by atoms with Gasteiger partial charge in [0.05, 0.1) is 0 Å². The molecule has 0 heterocycles. The van der Waals surface area contributed by atoms with E-state index < -0.39 is 6.10 Å². The molecule has 0 amide bonds. The number of benzene rings is 1. The molecule has 2 nitrogen and oxygen atoms in total. The van der Waals surface area contributed by atoms with E-state index in [-0.39, 0.29) is 5.78 Å². The first kappa shape index (κ1) is 11.9. The van der Waals surface area contributed by atoms with Gasteiger partial charge >= 0.3 is 0 Å². The molecule has 2 heteroatoms. The Morgan fingerprint density at radius 1 is 1.33 bits per heavy atom. The minimum atomic E-state index is -0.391. The van der Waals surface area contributed by atoms with Crippen LogP contribution in [0.5, 0.6) is 0 Å². The molecular formula is C13H18O2. The Morgan fingerprint density at radius 2 is 2.00 bits per heavy atom. The number of hydrogen-bond acceptors (Lipinski definition) is 2. The van der Waals surface area contributed by atoms with Gasteiger partial charge in [-0.25, -0.2) is 0 Å². The van der Waals surface area contributed by atoms with Gasteiger partial charge in [0.15, 0.2) is 5.78 Å². The zero-order valence-corrected chi connectivity index (χ0v) is 9.40. The van der Waals surface area contributed by atoms with Crippen molar-refractivity contribution in [3.8, 4) is 0 Å². The number of ketones is 1. The number of hydrogen-bond donors (Lipinski definition) is 0. The third kappa shape index (κ3) is 3.48. The number of unbranched alkanes of at least 4 members (excludes halogenated alkanes) is 1. The zero-order chi connectivity index (χ0) is 11.1. The van der Waals surface area contributed by atoms with Gasteiger partial charge in [-0.3, -0.25) is 4.79 Å². The van der Waals surface area contributed by atoms with Crippen molar-refractivity contribution in [2.24, 2.45) is 0 Å². The molecule has 82 valence electrons. The largest absolute Gasteiger partial charge is 0.369 e. The Labute approximate surface area is 91.3 Å². The topological polar surface area (TPSA) is 26.3 Å². The fourth-order valence-electron chi connectivity index (χ4n) is 1.56. The lowest BCUT2D eigenvalue weighted by atomic mass is 10.0. The van der Waals surface area contributed by atoms with Crippen molar-refractivity contribution in [2.75, 3.05) is 7.11 Å². The quantitative estimate of drug-likeness (QED) is 0.714. The molecule has 0 aliphatic rings. The average molecular weight is 206 g/mol. The SMILES string of the molecule is CCCCC(=O)C(OC)c1ccccc1. The summed E-state index contributed by atoms with van der Waals surface area (Å²) < 4.78 is 5.25. The minimum absolute atomic E-state index is 0.172. The summed E-state index contributed by atoms with van der Waals surface area (Å²) in [6.07, 6.45) is 2.18. The highest BCUT2D eigenvalue weighted by Gasteiger charge is 2.18. The van der Waals surface area contributed by atoms with Gasteiger partial charge in [-0.15, -0.1) is 0 Å². The highest BCUT2D eigenvalue weighted by molar-refractivity contribution is 5.84.